The molecular formula is C15H16N2O2S. The summed E-state index contributed by atoms with van der Waals surface area (Å²) in [4.78, 5) is 18.1. The summed E-state index contributed by atoms with van der Waals surface area (Å²) < 4.78 is 5.33. The van der Waals surface area contributed by atoms with Crippen molar-refractivity contribution in [3.63, 3.8) is 0 Å². The van der Waals surface area contributed by atoms with Gasteiger partial charge in [0.2, 0.25) is 0 Å². The van der Waals surface area contributed by atoms with Gasteiger partial charge in [-0.1, -0.05) is 24.3 Å². The van der Waals surface area contributed by atoms with Gasteiger partial charge in [0.15, 0.2) is 0 Å². The van der Waals surface area contributed by atoms with E-state index < -0.39 is 0 Å². The Balaban J connectivity index is 1.59. The molecule has 0 bridgehead atoms. The number of nitrogens with zero attached hydrogens (tertiary/aromatic N) is 2. The first kappa shape index (κ1) is 13.1. The molecule has 4 nitrogen and oxygen atoms in total. The molecule has 1 aromatic carbocycles. The van der Waals surface area contributed by atoms with Gasteiger partial charge in [0.25, 0.3) is 0 Å². The molecule has 104 valence electrons. The maximum Gasteiger partial charge on any atom is 0.410 e. The maximum atomic E-state index is 12.1. The summed E-state index contributed by atoms with van der Waals surface area (Å²) in [7, 11) is 0. The van der Waals surface area contributed by atoms with E-state index in [-0.39, 0.29) is 12.7 Å². The fraction of sp³-hybridized carbons (Fsp3) is 0.333. The highest BCUT2D eigenvalue weighted by atomic mass is 32.1. The number of hydrogen-bond acceptors (Lipinski definition) is 4. The summed E-state index contributed by atoms with van der Waals surface area (Å²) in [6, 6.07) is 8.23. The number of carbonyl (C=O) groups is 1. The van der Waals surface area contributed by atoms with E-state index in [0.717, 1.165) is 17.1 Å². The Morgan fingerprint density at radius 2 is 2.20 bits per heavy atom. The lowest BCUT2D eigenvalue weighted by Crippen LogP contribution is -2.36. The summed E-state index contributed by atoms with van der Waals surface area (Å²) >= 11 is 1.57. The lowest BCUT2D eigenvalue weighted by atomic mass is 10.0. The van der Waals surface area contributed by atoms with E-state index in [9.17, 15) is 4.79 Å². The van der Waals surface area contributed by atoms with Gasteiger partial charge in [0, 0.05) is 18.5 Å². The van der Waals surface area contributed by atoms with Crippen LogP contribution in [0.2, 0.25) is 0 Å². The van der Waals surface area contributed by atoms with Crippen LogP contribution in [-0.4, -0.2) is 22.5 Å². The van der Waals surface area contributed by atoms with Gasteiger partial charge >= 0.3 is 6.09 Å². The molecule has 3 rings (SSSR count). The van der Waals surface area contributed by atoms with Crippen molar-refractivity contribution in [1.82, 2.24) is 9.88 Å². The zero-order valence-corrected chi connectivity index (χ0v) is 12.2. The van der Waals surface area contributed by atoms with Gasteiger partial charge in [-0.25, -0.2) is 9.78 Å². The Hall–Kier alpha value is -1.88. The third-order valence-electron chi connectivity index (χ3n) is 3.40. The Morgan fingerprint density at radius 3 is 2.95 bits per heavy atom. The zero-order chi connectivity index (χ0) is 13.9. The third-order valence-corrected chi connectivity index (χ3v) is 4.22. The van der Waals surface area contributed by atoms with Crippen LogP contribution in [0.15, 0.2) is 29.6 Å². The lowest BCUT2D eigenvalue weighted by Gasteiger charge is -2.27. The van der Waals surface area contributed by atoms with Gasteiger partial charge in [-0.15, -0.1) is 11.3 Å². The Morgan fingerprint density at radius 1 is 1.40 bits per heavy atom. The van der Waals surface area contributed by atoms with Gasteiger partial charge in [-0.2, -0.15) is 0 Å². The van der Waals surface area contributed by atoms with Gasteiger partial charge in [0.05, 0.1) is 10.7 Å². The molecule has 0 spiro atoms. The van der Waals surface area contributed by atoms with Crippen LogP contribution in [0.25, 0.3) is 0 Å². The average Bonchev–Trinajstić information content (AvgIpc) is 2.90. The van der Waals surface area contributed by atoms with Gasteiger partial charge < -0.3 is 9.64 Å². The van der Waals surface area contributed by atoms with E-state index in [1.807, 2.05) is 24.4 Å². The first-order chi connectivity index (χ1) is 9.72. The molecular weight excluding hydrogens is 272 g/mol. The van der Waals surface area contributed by atoms with Crippen molar-refractivity contribution in [3.05, 3.63) is 51.5 Å². The molecule has 0 saturated carbocycles. The van der Waals surface area contributed by atoms with Crippen LogP contribution in [-0.2, 0) is 24.3 Å². The van der Waals surface area contributed by atoms with E-state index in [4.69, 9.17) is 4.74 Å². The summed E-state index contributed by atoms with van der Waals surface area (Å²) in [5.41, 5.74) is 3.35. The van der Waals surface area contributed by atoms with Gasteiger partial charge in [-0.05, 0) is 24.5 Å². The number of rotatable bonds is 2. The highest BCUT2D eigenvalue weighted by Crippen LogP contribution is 2.19. The SMILES string of the molecule is Cc1nc(COC(=O)N2CCc3ccccc3C2)cs1. The monoisotopic (exact) mass is 288 g/mol. The average molecular weight is 288 g/mol. The largest absolute Gasteiger partial charge is 0.443 e. The highest BCUT2D eigenvalue weighted by molar-refractivity contribution is 7.09. The van der Waals surface area contributed by atoms with E-state index in [2.05, 4.69) is 17.1 Å². The number of aromatic nitrogens is 1. The molecule has 1 amide bonds. The lowest BCUT2D eigenvalue weighted by molar-refractivity contribution is 0.0909. The Bertz CT molecular complexity index is 624. The van der Waals surface area contributed by atoms with Gasteiger partial charge in [0.1, 0.15) is 6.61 Å². The number of hydrogen-bond donors (Lipinski definition) is 0. The molecule has 1 aromatic heterocycles. The fourth-order valence-electron chi connectivity index (χ4n) is 2.35. The summed E-state index contributed by atoms with van der Waals surface area (Å²) in [6.45, 7) is 3.54. The predicted molar refractivity (Wildman–Crippen MR) is 77.6 cm³/mol. The van der Waals surface area contributed by atoms with Crippen LogP contribution in [0, 0.1) is 6.92 Å². The molecule has 0 atom stereocenters. The molecule has 1 aliphatic rings. The van der Waals surface area contributed by atoms with Crippen molar-refractivity contribution < 1.29 is 9.53 Å². The molecule has 5 heteroatoms. The van der Waals surface area contributed by atoms with Crippen LogP contribution < -0.4 is 0 Å². The predicted octanol–water partition coefficient (Wildman–Crippen LogP) is 3.15. The number of aryl methyl sites for hydroxylation is 1. The number of carbonyl (C=O) groups excluding carboxylic acids is 1. The minimum absolute atomic E-state index is 0.251. The molecule has 0 N–H and O–H groups in total. The molecule has 1 aliphatic heterocycles. The summed E-state index contributed by atoms with van der Waals surface area (Å²) in [5, 5.41) is 2.91. The number of thiazole rings is 1. The van der Waals surface area contributed by atoms with Crippen molar-refractivity contribution in [2.75, 3.05) is 6.54 Å². The van der Waals surface area contributed by atoms with Crippen LogP contribution in [0.1, 0.15) is 21.8 Å². The zero-order valence-electron chi connectivity index (χ0n) is 11.3. The topological polar surface area (TPSA) is 42.4 Å². The minimum atomic E-state index is -0.259. The maximum absolute atomic E-state index is 12.1. The summed E-state index contributed by atoms with van der Waals surface area (Å²) in [5.74, 6) is 0. The van der Waals surface area contributed by atoms with Crippen LogP contribution in [0.5, 0.6) is 0 Å². The number of ether oxygens (including phenoxy) is 1. The molecule has 0 radical (unpaired) electrons. The van der Waals surface area contributed by atoms with Crippen LogP contribution in [0.3, 0.4) is 0 Å². The second kappa shape index (κ2) is 5.63. The third kappa shape index (κ3) is 2.82. The van der Waals surface area contributed by atoms with E-state index >= 15 is 0 Å². The van der Waals surface area contributed by atoms with E-state index in [1.54, 1.807) is 16.2 Å². The quantitative estimate of drug-likeness (QED) is 0.852. The molecule has 2 aromatic rings. The molecule has 0 unspecified atom stereocenters. The van der Waals surface area contributed by atoms with Crippen molar-refractivity contribution in [3.8, 4) is 0 Å². The van der Waals surface area contributed by atoms with Crippen LogP contribution in [0.4, 0.5) is 4.79 Å². The van der Waals surface area contributed by atoms with Crippen molar-refractivity contribution in [1.29, 1.82) is 0 Å². The number of amides is 1. The molecule has 2 heterocycles. The highest BCUT2D eigenvalue weighted by Gasteiger charge is 2.21. The first-order valence-corrected chi connectivity index (χ1v) is 7.50. The fourth-order valence-corrected chi connectivity index (χ4v) is 2.95. The van der Waals surface area contributed by atoms with Gasteiger partial charge in [-0.3, -0.25) is 0 Å². The Labute approximate surface area is 122 Å². The van der Waals surface area contributed by atoms with Crippen LogP contribution >= 0.6 is 11.3 Å². The first-order valence-electron chi connectivity index (χ1n) is 6.62. The van der Waals surface area contributed by atoms with E-state index in [1.165, 1.54) is 11.1 Å². The second-order valence-corrected chi connectivity index (χ2v) is 5.91. The van der Waals surface area contributed by atoms with Crippen molar-refractivity contribution in [2.24, 2.45) is 0 Å². The standard InChI is InChI=1S/C15H16N2O2S/c1-11-16-14(10-20-11)9-19-15(18)17-7-6-12-4-2-3-5-13(12)8-17/h2-5,10H,6-9H2,1H3. The summed E-state index contributed by atoms with van der Waals surface area (Å²) in [6.07, 6.45) is 0.631. The molecule has 20 heavy (non-hydrogen) atoms. The molecule has 0 saturated heterocycles. The molecule has 0 fully saturated rings. The number of fused-ring (bicyclic) bond motifs is 1. The van der Waals surface area contributed by atoms with Crippen molar-refractivity contribution >= 4 is 17.4 Å². The number of benzene rings is 1. The van der Waals surface area contributed by atoms with E-state index in [0.29, 0.717) is 13.1 Å². The Kier molecular flexibility index (Phi) is 3.69. The smallest absolute Gasteiger partial charge is 0.410 e. The molecule has 0 aliphatic carbocycles. The van der Waals surface area contributed by atoms with Crippen molar-refractivity contribution in [2.45, 2.75) is 26.5 Å². The normalized spacial score (nSPS) is 13.9. The second-order valence-electron chi connectivity index (χ2n) is 4.85. The minimum Gasteiger partial charge on any atom is -0.443 e.